The first kappa shape index (κ1) is 17.9. The Morgan fingerprint density at radius 2 is 1.50 bits per heavy atom. The van der Waals surface area contributed by atoms with Crippen molar-refractivity contribution < 1.29 is 9.47 Å². The average Bonchev–Trinajstić information content (AvgIpc) is 2.25. The van der Waals surface area contributed by atoms with E-state index in [1.54, 1.807) is 0 Å². The molecule has 20 heavy (non-hydrogen) atoms. The van der Waals surface area contributed by atoms with Crippen molar-refractivity contribution in [2.75, 3.05) is 19.8 Å². The molecule has 120 valence electrons. The van der Waals surface area contributed by atoms with Crippen molar-refractivity contribution in [2.45, 2.75) is 79.6 Å². The normalized spacial score (nSPS) is 22.4. The maximum Gasteiger partial charge on any atom is 0.158 e. The van der Waals surface area contributed by atoms with Gasteiger partial charge in [0.25, 0.3) is 0 Å². The third kappa shape index (κ3) is 6.55. The van der Waals surface area contributed by atoms with E-state index in [-0.39, 0.29) is 6.29 Å². The first-order valence-corrected chi connectivity index (χ1v) is 8.24. The van der Waals surface area contributed by atoms with Crippen LogP contribution in [0.2, 0.25) is 0 Å². The third-order valence-electron chi connectivity index (χ3n) is 4.07. The number of hydrogen-bond donors (Lipinski definition) is 1. The van der Waals surface area contributed by atoms with E-state index in [0.29, 0.717) is 30.1 Å². The van der Waals surface area contributed by atoms with Crippen LogP contribution < -0.4 is 5.32 Å². The number of ether oxygens (including phenoxy) is 2. The van der Waals surface area contributed by atoms with Crippen LogP contribution in [0.15, 0.2) is 0 Å². The van der Waals surface area contributed by atoms with E-state index < -0.39 is 0 Å². The summed E-state index contributed by atoms with van der Waals surface area (Å²) in [5, 5.41) is 3.72. The highest BCUT2D eigenvalue weighted by atomic mass is 16.7. The summed E-state index contributed by atoms with van der Waals surface area (Å²) in [6, 6.07) is 0.623. The van der Waals surface area contributed by atoms with Gasteiger partial charge in [0, 0.05) is 32.2 Å². The van der Waals surface area contributed by atoms with Gasteiger partial charge in [0.2, 0.25) is 0 Å². The molecule has 0 bridgehead atoms. The Hall–Kier alpha value is -0.120. The lowest BCUT2D eigenvalue weighted by Gasteiger charge is -2.45. The first-order chi connectivity index (χ1) is 9.28. The molecule has 1 fully saturated rings. The smallest absolute Gasteiger partial charge is 0.158 e. The van der Waals surface area contributed by atoms with Crippen molar-refractivity contribution in [3.8, 4) is 0 Å². The molecule has 0 amide bonds. The number of nitrogens with one attached hydrogen (secondary N) is 1. The van der Waals surface area contributed by atoms with Crippen molar-refractivity contribution in [1.29, 1.82) is 0 Å². The average molecular weight is 285 g/mol. The van der Waals surface area contributed by atoms with Crippen molar-refractivity contribution in [3.63, 3.8) is 0 Å². The van der Waals surface area contributed by atoms with Crippen LogP contribution in [-0.2, 0) is 9.47 Å². The van der Waals surface area contributed by atoms with E-state index in [1.165, 1.54) is 19.3 Å². The molecule has 3 nitrogen and oxygen atoms in total. The van der Waals surface area contributed by atoms with Gasteiger partial charge in [-0.1, -0.05) is 27.7 Å². The summed E-state index contributed by atoms with van der Waals surface area (Å²) in [5.74, 6) is 0. The van der Waals surface area contributed by atoms with Crippen molar-refractivity contribution in [3.05, 3.63) is 0 Å². The van der Waals surface area contributed by atoms with Gasteiger partial charge in [0.15, 0.2) is 6.29 Å². The van der Waals surface area contributed by atoms with Crippen LogP contribution in [0, 0.1) is 10.8 Å². The summed E-state index contributed by atoms with van der Waals surface area (Å²) in [6.07, 6.45) is 4.73. The van der Waals surface area contributed by atoms with E-state index >= 15 is 0 Å². The minimum absolute atomic E-state index is 0.0536. The van der Waals surface area contributed by atoms with E-state index in [9.17, 15) is 0 Å². The zero-order valence-corrected chi connectivity index (χ0v) is 14.4. The number of rotatable bonds is 8. The van der Waals surface area contributed by atoms with Crippen LogP contribution in [0.1, 0.15) is 67.2 Å². The molecular weight excluding hydrogens is 250 g/mol. The summed E-state index contributed by atoms with van der Waals surface area (Å²) in [6.45, 7) is 16.0. The fourth-order valence-corrected chi connectivity index (χ4v) is 3.98. The summed E-state index contributed by atoms with van der Waals surface area (Å²) >= 11 is 0. The second-order valence-electron chi connectivity index (χ2n) is 7.69. The Bertz CT molecular complexity index is 254. The summed E-state index contributed by atoms with van der Waals surface area (Å²) in [7, 11) is 0. The lowest BCUT2D eigenvalue weighted by Crippen LogP contribution is -2.44. The predicted molar refractivity (Wildman–Crippen MR) is 84.9 cm³/mol. The minimum Gasteiger partial charge on any atom is -0.353 e. The molecule has 0 atom stereocenters. The molecule has 0 aliphatic heterocycles. The quantitative estimate of drug-likeness (QED) is 0.685. The summed E-state index contributed by atoms with van der Waals surface area (Å²) in [4.78, 5) is 0. The highest BCUT2D eigenvalue weighted by molar-refractivity contribution is 4.92. The molecular formula is C17H35NO2. The first-order valence-electron chi connectivity index (χ1n) is 8.24. The summed E-state index contributed by atoms with van der Waals surface area (Å²) in [5.41, 5.74) is 0.886. The van der Waals surface area contributed by atoms with E-state index in [0.717, 1.165) is 13.0 Å². The molecule has 0 aromatic carbocycles. The molecule has 0 aromatic heterocycles. The van der Waals surface area contributed by atoms with Gasteiger partial charge in [-0.25, -0.2) is 0 Å². The second-order valence-corrected chi connectivity index (χ2v) is 7.69. The minimum atomic E-state index is -0.0536. The second kappa shape index (κ2) is 7.77. The van der Waals surface area contributed by atoms with Gasteiger partial charge in [0.1, 0.15) is 0 Å². The summed E-state index contributed by atoms with van der Waals surface area (Å²) < 4.78 is 11.2. The van der Waals surface area contributed by atoms with Gasteiger partial charge >= 0.3 is 0 Å². The lowest BCUT2D eigenvalue weighted by atomic mass is 9.63. The maximum atomic E-state index is 5.59. The fourth-order valence-electron chi connectivity index (χ4n) is 3.98. The molecule has 0 saturated heterocycles. The van der Waals surface area contributed by atoms with Gasteiger partial charge < -0.3 is 14.8 Å². The third-order valence-corrected chi connectivity index (χ3v) is 4.07. The fraction of sp³-hybridized carbons (Fsp3) is 1.00. The Morgan fingerprint density at radius 3 is 1.95 bits per heavy atom. The van der Waals surface area contributed by atoms with Crippen LogP contribution in [0.4, 0.5) is 0 Å². The molecule has 1 rings (SSSR count). The van der Waals surface area contributed by atoms with Crippen LogP contribution >= 0.6 is 0 Å². The van der Waals surface area contributed by atoms with E-state index in [4.69, 9.17) is 9.47 Å². The molecule has 1 saturated carbocycles. The van der Waals surface area contributed by atoms with Gasteiger partial charge in [-0.15, -0.1) is 0 Å². The Kier molecular flexibility index (Phi) is 6.96. The van der Waals surface area contributed by atoms with E-state index in [1.807, 2.05) is 13.8 Å². The Morgan fingerprint density at radius 1 is 1.00 bits per heavy atom. The van der Waals surface area contributed by atoms with E-state index in [2.05, 4.69) is 33.0 Å². The molecule has 0 unspecified atom stereocenters. The van der Waals surface area contributed by atoms with Crippen molar-refractivity contribution >= 4 is 0 Å². The predicted octanol–water partition coefficient (Wildman–Crippen LogP) is 3.97. The molecule has 0 aromatic rings. The van der Waals surface area contributed by atoms with Crippen LogP contribution in [0.3, 0.4) is 0 Å². The molecule has 1 aliphatic rings. The SMILES string of the molecule is CCOC(CCNC1CC(C)(C)CC(C)(C)C1)OCC. The molecule has 1 aliphatic carbocycles. The van der Waals surface area contributed by atoms with Crippen LogP contribution in [-0.4, -0.2) is 32.1 Å². The highest BCUT2D eigenvalue weighted by Crippen LogP contribution is 2.45. The highest BCUT2D eigenvalue weighted by Gasteiger charge is 2.38. The molecule has 1 N–H and O–H groups in total. The van der Waals surface area contributed by atoms with Gasteiger partial charge in [0.05, 0.1) is 0 Å². The zero-order valence-electron chi connectivity index (χ0n) is 14.4. The van der Waals surface area contributed by atoms with Gasteiger partial charge in [-0.2, -0.15) is 0 Å². The van der Waals surface area contributed by atoms with Crippen molar-refractivity contribution in [1.82, 2.24) is 5.32 Å². The standard InChI is InChI=1S/C17H35NO2/c1-7-19-15(20-8-2)9-10-18-14-11-16(3,4)13-17(5,6)12-14/h14-15,18H,7-13H2,1-6H3. The monoisotopic (exact) mass is 285 g/mol. The van der Waals surface area contributed by atoms with Gasteiger partial charge in [-0.3, -0.25) is 0 Å². The molecule has 0 radical (unpaired) electrons. The van der Waals surface area contributed by atoms with Crippen LogP contribution in [0.25, 0.3) is 0 Å². The molecule has 3 heteroatoms. The lowest BCUT2D eigenvalue weighted by molar-refractivity contribution is -0.139. The van der Waals surface area contributed by atoms with Crippen molar-refractivity contribution in [2.24, 2.45) is 10.8 Å². The van der Waals surface area contributed by atoms with Gasteiger partial charge in [-0.05, 0) is 43.9 Å². The Balaban J connectivity index is 2.36. The zero-order chi connectivity index (χ0) is 15.2. The topological polar surface area (TPSA) is 30.5 Å². The largest absolute Gasteiger partial charge is 0.353 e. The van der Waals surface area contributed by atoms with Crippen LogP contribution in [0.5, 0.6) is 0 Å². The number of hydrogen-bond acceptors (Lipinski definition) is 3. The molecule has 0 spiro atoms. The molecule has 0 heterocycles. The maximum absolute atomic E-state index is 5.59. The Labute approximate surface area is 125 Å².